The fourth-order valence-electron chi connectivity index (χ4n) is 3.35. The van der Waals surface area contributed by atoms with Crippen LogP contribution in [0.5, 0.6) is 5.75 Å². The van der Waals surface area contributed by atoms with Gasteiger partial charge < -0.3 is 30.6 Å². The number of H-pyrrole nitrogens is 1. The summed E-state index contributed by atoms with van der Waals surface area (Å²) in [5.74, 6) is 4.78. The van der Waals surface area contributed by atoms with Crippen LogP contribution in [0.25, 0.3) is 11.6 Å². The predicted molar refractivity (Wildman–Crippen MR) is 112 cm³/mol. The summed E-state index contributed by atoms with van der Waals surface area (Å²) in [5.41, 5.74) is 1.51. The minimum atomic E-state index is -1.23. The van der Waals surface area contributed by atoms with Crippen molar-refractivity contribution in [3.05, 3.63) is 47.0 Å². The summed E-state index contributed by atoms with van der Waals surface area (Å²) >= 11 is 0. The zero-order valence-corrected chi connectivity index (χ0v) is 16.9. The van der Waals surface area contributed by atoms with Crippen LogP contribution in [-0.4, -0.2) is 53.0 Å². The fourth-order valence-corrected chi connectivity index (χ4v) is 3.35. The number of halogens is 1. The number of fused-ring (bicyclic) bond motifs is 1. The quantitative estimate of drug-likeness (QED) is 0.366. The average molecular weight is 413 g/mol. The Morgan fingerprint density at radius 3 is 2.77 bits per heavy atom. The highest BCUT2D eigenvalue weighted by Crippen LogP contribution is 2.37. The second kappa shape index (κ2) is 9.13. The van der Waals surface area contributed by atoms with Crippen LogP contribution in [0.3, 0.4) is 0 Å². The van der Waals surface area contributed by atoms with E-state index in [0.717, 1.165) is 0 Å². The monoisotopic (exact) mass is 413 g/mol. The molecule has 0 radical (unpaired) electrons. The maximum absolute atomic E-state index is 14.7. The van der Waals surface area contributed by atoms with Gasteiger partial charge in [-0.05, 0) is 37.7 Å². The number of carbonyl (C=O) groups is 1. The van der Waals surface area contributed by atoms with E-state index < -0.39 is 30.0 Å². The SMILES string of the molecule is CCN[C@@H]([C@@H](C)O)[C@@H](O)C#Cc1c(F)ccc2c1C(=Cc1[nH]ccc1OC)C(=O)N2. The van der Waals surface area contributed by atoms with Gasteiger partial charge in [-0.25, -0.2) is 4.39 Å². The van der Waals surface area contributed by atoms with Crippen LogP contribution in [0, 0.1) is 17.7 Å². The molecule has 0 saturated carbocycles. The van der Waals surface area contributed by atoms with E-state index in [2.05, 4.69) is 27.5 Å². The number of aromatic amines is 1. The van der Waals surface area contributed by atoms with Gasteiger partial charge in [-0.2, -0.15) is 0 Å². The first-order valence-electron chi connectivity index (χ1n) is 9.55. The highest BCUT2D eigenvalue weighted by molar-refractivity contribution is 6.35. The van der Waals surface area contributed by atoms with Gasteiger partial charge in [0.2, 0.25) is 0 Å². The molecule has 2 aromatic rings. The van der Waals surface area contributed by atoms with Crippen molar-refractivity contribution in [1.82, 2.24) is 10.3 Å². The van der Waals surface area contributed by atoms with Gasteiger partial charge in [0.1, 0.15) is 17.7 Å². The van der Waals surface area contributed by atoms with E-state index in [9.17, 15) is 19.4 Å². The molecule has 0 spiro atoms. The molecule has 2 heterocycles. The second-order valence-electron chi connectivity index (χ2n) is 6.86. The molecule has 1 aliphatic rings. The molecule has 8 heteroatoms. The average Bonchev–Trinajstić information content (AvgIpc) is 3.29. The number of ether oxygens (including phenoxy) is 1. The number of nitrogens with one attached hydrogen (secondary N) is 3. The van der Waals surface area contributed by atoms with Crippen LogP contribution < -0.4 is 15.4 Å². The van der Waals surface area contributed by atoms with Gasteiger partial charge in [-0.3, -0.25) is 4.79 Å². The van der Waals surface area contributed by atoms with E-state index in [4.69, 9.17) is 4.74 Å². The van der Waals surface area contributed by atoms with Gasteiger partial charge in [0, 0.05) is 11.8 Å². The summed E-state index contributed by atoms with van der Waals surface area (Å²) in [6.07, 6.45) is 1.14. The molecule has 1 aromatic carbocycles. The maximum atomic E-state index is 14.7. The van der Waals surface area contributed by atoms with Gasteiger partial charge in [0.05, 0.1) is 41.8 Å². The minimum Gasteiger partial charge on any atom is -0.495 e. The first-order chi connectivity index (χ1) is 14.4. The summed E-state index contributed by atoms with van der Waals surface area (Å²) in [6, 6.07) is 3.69. The topological polar surface area (TPSA) is 107 Å². The van der Waals surface area contributed by atoms with Crippen molar-refractivity contribution in [3.63, 3.8) is 0 Å². The largest absolute Gasteiger partial charge is 0.495 e. The highest BCUT2D eigenvalue weighted by atomic mass is 19.1. The van der Waals surface area contributed by atoms with E-state index >= 15 is 0 Å². The Bertz CT molecular complexity index is 1030. The van der Waals surface area contributed by atoms with Crippen molar-refractivity contribution in [1.29, 1.82) is 0 Å². The number of hydrogen-bond donors (Lipinski definition) is 5. The van der Waals surface area contributed by atoms with E-state index in [0.29, 0.717) is 29.2 Å². The number of aromatic nitrogens is 1. The third-order valence-electron chi connectivity index (χ3n) is 4.81. The lowest BCUT2D eigenvalue weighted by Crippen LogP contribution is -2.46. The smallest absolute Gasteiger partial charge is 0.256 e. The molecule has 0 fully saturated rings. The highest BCUT2D eigenvalue weighted by Gasteiger charge is 2.29. The number of amides is 1. The van der Waals surface area contributed by atoms with E-state index in [1.165, 1.54) is 26.2 Å². The Balaban J connectivity index is 2.06. The van der Waals surface area contributed by atoms with E-state index in [1.54, 1.807) is 18.3 Å². The molecule has 0 saturated heterocycles. The molecule has 5 N–H and O–H groups in total. The number of likely N-dealkylation sites (N-methyl/N-ethyl adjacent to an activating group) is 1. The Morgan fingerprint density at radius 2 is 2.10 bits per heavy atom. The van der Waals surface area contributed by atoms with Crippen molar-refractivity contribution in [2.24, 2.45) is 0 Å². The summed E-state index contributed by atoms with van der Waals surface area (Å²) < 4.78 is 19.9. The second-order valence-corrected chi connectivity index (χ2v) is 6.86. The molecule has 1 amide bonds. The lowest BCUT2D eigenvalue weighted by Gasteiger charge is -2.22. The first-order valence-corrected chi connectivity index (χ1v) is 9.55. The molecule has 0 unspecified atom stereocenters. The summed E-state index contributed by atoms with van der Waals surface area (Å²) in [5, 5.41) is 25.9. The normalized spacial score (nSPS) is 17.0. The van der Waals surface area contributed by atoms with Crippen LogP contribution in [0.2, 0.25) is 0 Å². The number of aliphatic hydroxyl groups is 2. The van der Waals surface area contributed by atoms with Gasteiger partial charge in [-0.1, -0.05) is 18.8 Å². The molecule has 1 aliphatic heterocycles. The van der Waals surface area contributed by atoms with Crippen LogP contribution in [0.15, 0.2) is 24.4 Å². The van der Waals surface area contributed by atoms with Crippen molar-refractivity contribution >= 4 is 23.2 Å². The number of hydrogen-bond acceptors (Lipinski definition) is 5. The Kier molecular flexibility index (Phi) is 6.57. The number of rotatable bonds is 6. The summed E-state index contributed by atoms with van der Waals surface area (Å²) in [4.78, 5) is 15.5. The molecular weight excluding hydrogens is 389 g/mol. The molecular formula is C22H24FN3O4. The van der Waals surface area contributed by atoms with Crippen molar-refractivity contribution in [2.75, 3.05) is 19.0 Å². The number of carbonyl (C=O) groups excluding carboxylic acids is 1. The zero-order valence-electron chi connectivity index (χ0n) is 16.9. The summed E-state index contributed by atoms with van der Waals surface area (Å²) in [6.45, 7) is 3.89. The lowest BCUT2D eigenvalue weighted by atomic mass is 9.98. The molecule has 30 heavy (non-hydrogen) atoms. The van der Waals surface area contributed by atoms with Crippen LogP contribution in [-0.2, 0) is 4.79 Å². The van der Waals surface area contributed by atoms with Gasteiger partial charge >= 0.3 is 0 Å². The number of aliphatic hydroxyl groups excluding tert-OH is 2. The van der Waals surface area contributed by atoms with Crippen molar-refractivity contribution in [2.45, 2.75) is 32.1 Å². The molecule has 3 atom stereocenters. The third-order valence-corrected chi connectivity index (χ3v) is 4.81. The Hall–Kier alpha value is -3.12. The van der Waals surface area contributed by atoms with E-state index in [1.807, 2.05) is 6.92 Å². The van der Waals surface area contributed by atoms with Gasteiger partial charge in [0.15, 0.2) is 0 Å². The fraction of sp³-hybridized carbons (Fsp3) is 0.318. The Morgan fingerprint density at radius 1 is 1.33 bits per heavy atom. The molecule has 0 aliphatic carbocycles. The number of benzene rings is 1. The van der Waals surface area contributed by atoms with Crippen LogP contribution in [0.4, 0.5) is 10.1 Å². The molecule has 3 rings (SSSR count). The third kappa shape index (κ3) is 4.24. The van der Waals surface area contributed by atoms with Gasteiger partial charge in [0.25, 0.3) is 5.91 Å². The van der Waals surface area contributed by atoms with Crippen molar-refractivity contribution < 1.29 is 24.1 Å². The minimum absolute atomic E-state index is 0.0116. The zero-order chi connectivity index (χ0) is 21.8. The molecule has 7 nitrogen and oxygen atoms in total. The Labute approximate surface area is 174 Å². The van der Waals surface area contributed by atoms with Gasteiger partial charge in [-0.15, -0.1) is 0 Å². The maximum Gasteiger partial charge on any atom is 0.256 e. The number of methoxy groups -OCH3 is 1. The molecule has 158 valence electrons. The predicted octanol–water partition coefficient (Wildman–Crippen LogP) is 1.73. The lowest BCUT2D eigenvalue weighted by molar-refractivity contribution is -0.110. The van der Waals surface area contributed by atoms with Crippen molar-refractivity contribution in [3.8, 4) is 17.6 Å². The van der Waals surface area contributed by atoms with Crippen LogP contribution in [0.1, 0.15) is 30.7 Å². The standard InChI is InChI=1S/C22H24FN3O4/c1-4-24-21(12(2)27)18(28)8-5-13-15(23)6-7-16-20(13)14(22(29)26-16)11-17-19(30-3)9-10-25-17/h6-7,9-12,18,21,24-25,27-28H,4H2,1-3H3,(H,26,29)/t12-,18+,21+/m1/s1. The molecule has 1 aromatic heterocycles. The number of anilines is 1. The van der Waals surface area contributed by atoms with Crippen LogP contribution >= 0.6 is 0 Å². The first kappa shape index (κ1) is 21.6. The summed E-state index contributed by atoms with van der Waals surface area (Å²) in [7, 11) is 1.51. The van der Waals surface area contributed by atoms with E-state index in [-0.39, 0.29) is 11.1 Å². The molecule has 0 bridgehead atoms.